The van der Waals surface area contributed by atoms with Crippen molar-refractivity contribution in [3.8, 4) is 0 Å². The number of benzene rings is 1. The fraction of sp³-hybridized carbons (Fsp3) is 0.632. The Morgan fingerprint density at radius 1 is 1.22 bits per heavy atom. The lowest BCUT2D eigenvalue weighted by molar-refractivity contribution is 0.0642. The summed E-state index contributed by atoms with van der Waals surface area (Å²) in [4.78, 5) is 15.2. The molecule has 2 fully saturated rings. The maximum absolute atomic E-state index is 13.1. The average Bonchev–Trinajstić information content (AvgIpc) is 3.49. The van der Waals surface area contributed by atoms with Gasteiger partial charge in [0.25, 0.3) is 5.91 Å². The largest absolute Gasteiger partial charge is 0.336 e. The monoisotopic (exact) mass is 415 g/mol. The van der Waals surface area contributed by atoms with Crippen LogP contribution < -0.4 is 10.0 Å². The summed E-state index contributed by atoms with van der Waals surface area (Å²) in [5, 5.41) is 3.32. The van der Waals surface area contributed by atoms with Gasteiger partial charge in [-0.3, -0.25) is 4.79 Å². The van der Waals surface area contributed by atoms with Crippen LogP contribution in [0.15, 0.2) is 29.2 Å². The molecule has 0 aromatic heterocycles. The number of sulfonamides is 1. The molecule has 1 amide bonds. The minimum absolute atomic E-state index is 0. The first-order chi connectivity index (χ1) is 12.5. The first-order valence-corrected chi connectivity index (χ1v) is 11.1. The summed E-state index contributed by atoms with van der Waals surface area (Å²) in [6.07, 6.45) is 4.93. The predicted octanol–water partition coefficient (Wildman–Crippen LogP) is 2.40. The fourth-order valence-electron chi connectivity index (χ4n) is 3.40. The zero-order valence-corrected chi connectivity index (χ0v) is 17.4. The van der Waals surface area contributed by atoms with Gasteiger partial charge in [0.2, 0.25) is 10.0 Å². The number of nitrogens with one attached hydrogen (secondary N) is 2. The maximum atomic E-state index is 13.1. The molecule has 6 nitrogen and oxygen atoms in total. The van der Waals surface area contributed by atoms with Crippen LogP contribution in [0, 0.1) is 5.92 Å². The molecule has 1 aromatic rings. The lowest BCUT2D eigenvalue weighted by atomic mass is 10.0. The van der Waals surface area contributed by atoms with Crippen LogP contribution in [0.2, 0.25) is 0 Å². The predicted molar refractivity (Wildman–Crippen MR) is 109 cm³/mol. The van der Waals surface area contributed by atoms with Crippen LogP contribution >= 0.6 is 12.4 Å². The van der Waals surface area contributed by atoms with E-state index < -0.39 is 10.0 Å². The van der Waals surface area contributed by atoms with Crippen LogP contribution in [-0.4, -0.2) is 51.4 Å². The third-order valence-corrected chi connectivity index (χ3v) is 6.55. The summed E-state index contributed by atoms with van der Waals surface area (Å²) in [7, 11) is -3.56. The normalized spacial score (nSPS) is 18.0. The first-order valence-electron chi connectivity index (χ1n) is 9.62. The Kier molecular flexibility index (Phi) is 8.09. The minimum Gasteiger partial charge on any atom is -0.336 e. The molecule has 2 aliphatic rings. The summed E-state index contributed by atoms with van der Waals surface area (Å²) >= 11 is 0. The van der Waals surface area contributed by atoms with Gasteiger partial charge in [0.05, 0.1) is 4.90 Å². The lowest BCUT2D eigenvalue weighted by Gasteiger charge is -2.34. The molecule has 1 aliphatic heterocycles. The molecule has 0 spiro atoms. The maximum Gasteiger partial charge on any atom is 0.254 e. The topological polar surface area (TPSA) is 78.5 Å². The van der Waals surface area contributed by atoms with Gasteiger partial charge >= 0.3 is 0 Å². The number of hydrogen-bond acceptors (Lipinski definition) is 4. The third-order valence-electron chi connectivity index (χ3n) is 5.13. The summed E-state index contributed by atoms with van der Waals surface area (Å²) in [5.41, 5.74) is 0.450. The van der Waals surface area contributed by atoms with Crippen molar-refractivity contribution in [2.24, 2.45) is 5.92 Å². The number of carbonyl (C=O) groups is 1. The summed E-state index contributed by atoms with van der Waals surface area (Å²) in [5.74, 6) is 0.396. The second kappa shape index (κ2) is 9.87. The second-order valence-electron chi connectivity index (χ2n) is 7.30. The first kappa shape index (κ1) is 22.1. The zero-order valence-electron chi connectivity index (χ0n) is 15.8. The molecular weight excluding hydrogens is 386 g/mol. The van der Waals surface area contributed by atoms with Crippen molar-refractivity contribution in [2.45, 2.75) is 50.0 Å². The number of hydrogen-bond donors (Lipinski definition) is 2. The molecule has 0 radical (unpaired) electrons. The highest BCUT2D eigenvalue weighted by Crippen LogP contribution is 2.28. The van der Waals surface area contributed by atoms with E-state index in [0.717, 1.165) is 45.2 Å². The number of nitrogens with zero attached hydrogens (tertiary/aromatic N) is 1. The van der Waals surface area contributed by atoms with Gasteiger partial charge in [0, 0.05) is 24.7 Å². The molecule has 2 N–H and O–H groups in total. The van der Waals surface area contributed by atoms with E-state index in [9.17, 15) is 13.2 Å². The summed E-state index contributed by atoms with van der Waals surface area (Å²) in [6, 6.07) is 6.66. The van der Waals surface area contributed by atoms with E-state index in [-0.39, 0.29) is 29.3 Å². The molecule has 3 rings (SSSR count). The van der Waals surface area contributed by atoms with Crippen LogP contribution in [0.3, 0.4) is 0 Å². The third kappa shape index (κ3) is 5.91. The van der Waals surface area contributed by atoms with Crippen LogP contribution in [0.5, 0.6) is 0 Å². The highest BCUT2D eigenvalue weighted by atomic mass is 35.5. The van der Waals surface area contributed by atoms with Crippen molar-refractivity contribution in [2.75, 3.05) is 26.2 Å². The fourth-order valence-corrected chi connectivity index (χ4v) is 4.57. The molecule has 1 saturated carbocycles. The van der Waals surface area contributed by atoms with Crippen molar-refractivity contribution in [3.05, 3.63) is 29.8 Å². The van der Waals surface area contributed by atoms with E-state index in [1.54, 1.807) is 18.2 Å². The van der Waals surface area contributed by atoms with E-state index in [4.69, 9.17) is 0 Å². The molecule has 1 heterocycles. The average molecular weight is 416 g/mol. The van der Waals surface area contributed by atoms with Crippen LogP contribution in [0.25, 0.3) is 0 Å². The molecule has 8 heteroatoms. The molecule has 0 bridgehead atoms. The van der Waals surface area contributed by atoms with Crippen molar-refractivity contribution in [3.63, 3.8) is 0 Å². The van der Waals surface area contributed by atoms with E-state index in [0.29, 0.717) is 24.6 Å². The molecular formula is C19H30ClN3O3S. The summed E-state index contributed by atoms with van der Waals surface area (Å²) < 4.78 is 27.6. The molecule has 1 aliphatic carbocycles. The number of carbonyl (C=O) groups excluding carboxylic acids is 1. The Balaban J connectivity index is 0.00000261. The SMILES string of the molecule is CCCN(C(=O)c1cccc(S(=O)(=O)NCC2CC2)c1)C1CCNCC1.Cl. The Bertz CT molecular complexity index is 731. The van der Waals surface area contributed by atoms with Crippen LogP contribution in [-0.2, 0) is 10.0 Å². The quantitative estimate of drug-likeness (QED) is 0.683. The highest BCUT2D eigenvalue weighted by Gasteiger charge is 2.27. The standard InChI is InChI=1S/C19H29N3O3S.ClH/c1-2-12-22(17-8-10-20-11-9-17)19(23)16-4-3-5-18(13-16)26(24,25)21-14-15-6-7-15;/h3-5,13,15,17,20-21H,2,6-12,14H2,1H3;1H. The van der Waals surface area contributed by atoms with E-state index in [1.165, 1.54) is 6.07 Å². The second-order valence-corrected chi connectivity index (χ2v) is 9.07. The van der Waals surface area contributed by atoms with Gasteiger partial charge in [0.1, 0.15) is 0 Å². The van der Waals surface area contributed by atoms with E-state index in [2.05, 4.69) is 17.0 Å². The highest BCUT2D eigenvalue weighted by molar-refractivity contribution is 7.89. The molecule has 0 unspecified atom stereocenters. The number of piperidine rings is 1. The molecule has 1 aromatic carbocycles. The van der Waals surface area contributed by atoms with Crippen LogP contribution in [0.4, 0.5) is 0 Å². The van der Waals surface area contributed by atoms with Gasteiger partial charge in [0.15, 0.2) is 0 Å². The van der Waals surface area contributed by atoms with Crippen molar-refractivity contribution in [1.82, 2.24) is 14.9 Å². The lowest BCUT2D eigenvalue weighted by Crippen LogP contribution is -2.46. The van der Waals surface area contributed by atoms with Crippen molar-refractivity contribution in [1.29, 1.82) is 0 Å². The Morgan fingerprint density at radius 3 is 2.56 bits per heavy atom. The Hall–Kier alpha value is -1.15. The number of halogens is 1. The molecule has 1 saturated heterocycles. The number of rotatable bonds is 8. The summed E-state index contributed by atoms with van der Waals surface area (Å²) in [6.45, 7) is 5.07. The smallest absolute Gasteiger partial charge is 0.254 e. The molecule has 0 atom stereocenters. The zero-order chi connectivity index (χ0) is 18.6. The van der Waals surface area contributed by atoms with Crippen LogP contribution in [0.1, 0.15) is 49.4 Å². The minimum atomic E-state index is -3.56. The Labute approximate surface area is 168 Å². The van der Waals surface area contributed by atoms with Gasteiger partial charge in [-0.1, -0.05) is 13.0 Å². The Morgan fingerprint density at radius 2 is 1.93 bits per heavy atom. The van der Waals surface area contributed by atoms with E-state index in [1.807, 2.05) is 4.90 Å². The van der Waals surface area contributed by atoms with Gasteiger partial charge < -0.3 is 10.2 Å². The van der Waals surface area contributed by atoms with Gasteiger partial charge in [-0.25, -0.2) is 13.1 Å². The van der Waals surface area contributed by atoms with Gasteiger partial charge in [-0.15, -0.1) is 12.4 Å². The van der Waals surface area contributed by atoms with Crippen molar-refractivity contribution < 1.29 is 13.2 Å². The molecule has 152 valence electrons. The van der Waals surface area contributed by atoms with Crippen molar-refractivity contribution >= 4 is 28.3 Å². The van der Waals surface area contributed by atoms with E-state index >= 15 is 0 Å². The van der Waals surface area contributed by atoms with Gasteiger partial charge in [-0.2, -0.15) is 0 Å². The number of amides is 1. The van der Waals surface area contributed by atoms with Gasteiger partial charge in [-0.05, 0) is 69.3 Å². The molecule has 27 heavy (non-hydrogen) atoms.